The minimum atomic E-state index is -0.661. The Hall–Kier alpha value is -3.53. The summed E-state index contributed by atoms with van der Waals surface area (Å²) in [5, 5.41) is 0. The number of benzene rings is 3. The Morgan fingerprint density at radius 3 is 1.79 bits per heavy atom. The molecule has 4 nitrogen and oxygen atoms in total. The van der Waals surface area contributed by atoms with Gasteiger partial charge in [-0.15, -0.1) is 0 Å². The largest absolute Gasteiger partial charge is 0.363 e. The maximum Gasteiger partial charge on any atom is 0.205 e. The van der Waals surface area contributed by atoms with E-state index in [1.165, 1.54) is 6.92 Å². The first-order valence-corrected chi connectivity index (χ1v) is 9.53. The second-order valence-corrected chi connectivity index (χ2v) is 6.96. The number of ketones is 3. The average Bonchev–Trinajstić information content (AvgIpc) is 2.74. The van der Waals surface area contributed by atoms with Gasteiger partial charge in [0.2, 0.25) is 5.78 Å². The summed E-state index contributed by atoms with van der Waals surface area (Å²) < 4.78 is 0. The lowest BCUT2D eigenvalue weighted by Gasteiger charge is -2.26. The van der Waals surface area contributed by atoms with E-state index < -0.39 is 18.0 Å². The molecular weight excluding hydrogens is 362 g/mol. The maximum atomic E-state index is 12.5. The SMILES string of the molecule is CC(=O)C(=O)CC(=O)c1cccc(N(Cc2ccccc2)Cc2ccccc2)c1. The monoisotopic (exact) mass is 385 g/mol. The Morgan fingerprint density at radius 1 is 0.724 bits per heavy atom. The van der Waals surface area contributed by atoms with Gasteiger partial charge in [-0.3, -0.25) is 14.4 Å². The van der Waals surface area contributed by atoms with Crippen molar-refractivity contribution in [2.45, 2.75) is 26.4 Å². The molecule has 0 bridgehead atoms. The molecular formula is C25H23NO3. The van der Waals surface area contributed by atoms with Gasteiger partial charge in [-0.2, -0.15) is 0 Å². The molecule has 3 aromatic carbocycles. The number of carbonyl (C=O) groups excluding carboxylic acids is 3. The summed E-state index contributed by atoms with van der Waals surface area (Å²) in [5.41, 5.74) is 3.64. The molecule has 0 spiro atoms. The highest BCUT2D eigenvalue weighted by atomic mass is 16.2. The number of anilines is 1. The Kier molecular flexibility index (Phi) is 6.69. The molecule has 0 heterocycles. The van der Waals surface area contributed by atoms with Gasteiger partial charge in [-0.1, -0.05) is 72.8 Å². The molecule has 0 aliphatic heterocycles. The first-order chi connectivity index (χ1) is 14.0. The third kappa shape index (κ3) is 5.72. The zero-order valence-electron chi connectivity index (χ0n) is 16.4. The number of nitrogens with zero attached hydrogens (tertiary/aromatic N) is 1. The van der Waals surface area contributed by atoms with Crippen LogP contribution >= 0.6 is 0 Å². The molecule has 4 heteroatoms. The third-order valence-corrected chi connectivity index (χ3v) is 4.68. The molecule has 0 amide bonds. The summed E-state index contributed by atoms with van der Waals surface area (Å²) >= 11 is 0. The summed E-state index contributed by atoms with van der Waals surface area (Å²) in [4.78, 5) is 37.5. The van der Waals surface area contributed by atoms with Crippen LogP contribution < -0.4 is 4.90 Å². The molecule has 0 aliphatic carbocycles. The molecule has 3 rings (SSSR count). The van der Waals surface area contributed by atoms with Crippen LogP contribution in [0.1, 0.15) is 34.8 Å². The van der Waals surface area contributed by atoms with Crippen molar-refractivity contribution >= 4 is 23.0 Å². The van der Waals surface area contributed by atoms with E-state index in [9.17, 15) is 14.4 Å². The van der Waals surface area contributed by atoms with E-state index in [0.717, 1.165) is 16.8 Å². The number of hydrogen-bond donors (Lipinski definition) is 0. The number of carbonyl (C=O) groups is 3. The minimum Gasteiger partial charge on any atom is -0.363 e. The molecule has 0 aliphatic rings. The topological polar surface area (TPSA) is 54.5 Å². The van der Waals surface area contributed by atoms with Crippen molar-refractivity contribution in [1.82, 2.24) is 0 Å². The van der Waals surface area contributed by atoms with E-state index >= 15 is 0 Å². The Bertz CT molecular complexity index is 955. The summed E-state index contributed by atoms with van der Waals surface area (Å²) in [6.45, 7) is 2.55. The molecule has 0 atom stereocenters. The van der Waals surface area contributed by atoms with E-state index in [1.54, 1.807) is 12.1 Å². The van der Waals surface area contributed by atoms with E-state index in [4.69, 9.17) is 0 Å². The van der Waals surface area contributed by atoms with E-state index in [2.05, 4.69) is 29.2 Å². The van der Waals surface area contributed by atoms with Gasteiger partial charge in [0.25, 0.3) is 0 Å². The fourth-order valence-electron chi connectivity index (χ4n) is 3.09. The van der Waals surface area contributed by atoms with Crippen LogP contribution in [0.3, 0.4) is 0 Å². The first kappa shape index (κ1) is 20.2. The van der Waals surface area contributed by atoms with E-state index in [-0.39, 0.29) is 5.78 Å². The smallest absolute Gasteiger partial charge is 0.205 e. The summed E-state index contributed by atoms with van der Waals surface area (Å²) in [7, 11) is 0. The zero-order chi connectivity index (χ0) is 20.6. The lowest BCUT2D eigenvalue weighted by Crippen LogP contribution is -2.22. The van der Waals surface area contributed by atoms with Crippen molar-refractivity contribution in [2.24, 2.45) is 0 Å². The van der Waals surface area contributed by atoms with Crippen LogP contribution in [0, 0.1) is 0 Å². The van der Waals surface area contributed by atoms with Crippen LogP contribution in [0.15, 0.2) is 84.9 Å². The van der Waals surface area contributed by atoms with Crippen LogP contribution in [-0.2, 0) is 22.7 Å². The lowest BCUT2D eigenvalue weighted by molar-refractivity contribution is -0.134. The van der Waals surface area contributed by atoms with Crippen LogP contribution in [0.2, 0.25) is 0 Å². The Balaban J connectivity index is 1.87. The van der Waals surface area contributed by atoms with Crippen molar-refractivity contribution in [3.63, 3.8) is 0 Å². The highest BCUT2D eigenvalue weighted by molar-refractivity contribution is 6.40. The molecule has 3 aromatic rings. The van der Waals surface area contributed by atoms with E-state index in [0.29, 0.717) is 18.7 Å². The Labute approximate surface area is 170 Å². The van der Waals surface area contributed by atoms with Gasteiger partial charge in [0, 0.05) is 31.3 Å². The maximum absolute atomic E-state index is 12.5. The molecule has 0 aromatic heterocycles. The van der Waals surface area contributed by atoms with Gasteiger partial charge in [0.1, 0.15) is 0 Å². The minimum absolute atomic E-state index is 0.341. The van der Waals surface area contributed by atoms with Crippen LogP contribution in [-0.4, -0.2) is 17.3 Å². The van der Waals surface area contributed by atoms with Crippen molar-refractivity contribution < 1.29 is 14.4 Å². The third-order valence-electron chi connectivity index (χ3n) is 4.68. The standard InChI is InChI=1S/C25H23NO3/c1-19(27)24(28)16-25(29)22-13-8-14-23(15-22)26(17-20-9-4-2-5-10-20)18-21-11-6-3-7-12-21/h2-15H,16-18H2,1H3. The number of hydrogen-bond acceptors (Lipinski definition) is 4. The molecule has 0 fully saturated rings. The molecule has 0 unspecified atom stereocenters. The number of rotatable bonds is 9. The predicted molar refractivity (Wildman–Crippen MR) is 114 cm³/mol. The van der Waals surface area contributed by atoms with Gasteiger partial charge in [-0.25, -0.2) is 0 Å². The average molecular weight is 385 g/mol. The lowest BCUT2D eigenvalue weighted by atomic mass is 10.0. The first-order valence-electron chi connectivity index (χ1n) is 9.53. The normalized spacial score (nSPS) is 10.4. The molecule has 0 saturated carbocycles. The highest BCUT2D eigenvalue weighted by Crippen LogP contribution is 2.22. The molecule has 146 valence electrons. The Morgan fingerprint density at radius 2 is 1.28 bits per heavy atom. The molecule has 0 radical (unpaired) electrons. The van der Waals surface area contributed by atoms with Gasteiger partial charge in [0.05, 0.1) is 6.42 Å². The fraction of sp³-hybridized carbons (Fsp3) is 0.160. The van der Waals surface area contributed by atoms with Gasteiger partial charge in [-0.05, 0) is 23.3 Å². The summed E-state index contributed by atoms with van der Waals surface area (Å²) in [6.07, 6.45) is -0.393. The molecule has 0 saturated heterocycles. The second kappa shape index (κ2) is 9.60. The van der Waals surface area contributed by atoms with Crippen molar-refractivity contribution in [2.75, 3.05) is 4.90 Å². The fourth-order valence-corrected chi connectivity index (χ4v) is 3.09. The van der Waals surface area contributed by atoms with Gasteiger partial charge in [0.15, 0.2) is 11.6 Å². The summed E-state index contributed by atoms with van der Waals surface area (Å²) in [5.74, 6) is -1.60. The molecule has 29 heavy (non-hydrogen) atoms. The van der Waals surface area contributed by atoms with Crippen molar-refractivity contribution in [1.29, 1.82) is 0 Å². The number of Topliss-reactive ketones (excluding diaryl/α,β-unsaturated/α-hetero) is 3. The van der Waals surface area contributed by atoms with E-state index in [1.807, 2.05) is 48.5 Å². The zero-order valence-corrected chi connectivity index (χ0v) is 16.4. The van der Waals surface area contributed by atoms with Crippen LogP contribution in [0.4, 0.5) is 5.69 Å². The van der Waals surface area contributed by atoms with Gasteiger partial charge < -0.3 is 4.90 Å². The highest BCUT2D eigenvalue weighted by Gasteiger charge is 2.17. The second-order valence-electron chi connectivity index (χ2n) is 6.96. The van der Waals surface area contributed by atoms with Crippen molar-refractivity contribution in [3.8, 4) is 0 Å². The van der Waals surface area contributed by atoms with Crippen LogP contribution in [0.5, 0.6) is 0 Å². The summed E-state index contributed by atoms with van der Waals surface area (Å²) in [6, 6.07) is 27.5. The predicted octanol–water partition coefficient (Wildman–Crippen LogP) is 4.62. The molecule has 0 N–H and O–H groups in total. The van der Waals surface area contributed by atoms with Crippen molar-refractivity contribution in [3.05, 3.63) is 102 Å². The quantitative estimate of drug-likeness (QED) is 0.306. The van der Waals surface area contributed by atoms with Gasteiger partial charge >= 0.3 is 0 Å². The van der Waals surface area contributed by atoms with Crippen LogP contribution in [0.25, 0.3) is 0 Å².